The molecule has 3 rings (SSSR count). The molecule has 0 radical (unpaired) electrons. The lowest BCUT2D eigenvalue weighted by Crippen LogP contribution is -2.13. The van der Waals surface area contributed by atoms with E-state index >= 15 is 0 Å². The molecule has 94 valence electrons. The molecule has 18 heavy (non-hydrogen) atoms. The monoisotopic (exact) mass is 283 g/mol. The van der Waals surface area contributed by atoms with Crippen molar-refractivity contribution in [3.05, 3.63) is 39.5 Å². The molecular formula is C12H11Cl2N3O. The summed E-state index contributed by atoms with van der Waals surface area (Å²) in [6.07, 6.45) is 0.766. The minimum absolute atomic E-state index is 0.482. The molecule has 2 heterocycles. The van der Waals surface area contributed by atoms with Crippen molar-refractivity contribution in [2.45, 2.75) is 13.0 Å². The first-order valence-corrected chi connectivity index (χ1v) is 6.32. The second kappa shape index (κ2) is 4.46. The van der Waals surface area contributed by atoms with Crippen LogP contribution in [-0.4, -0.2) is 16.4 Å². The highest BCUT2D eigenvalue weighted by Crippen LogP contribution is 2.32. The number of aromatic nitrogens is 2. The summed E-state index contributed by atoms with van der Waals surface area (Å²) in [7, 11) is 0. The van der Waals surface area contributed by atoms with Crippen molar-refractivity contribution < 1.29 is 4.74 Å². The quantitative estimate of drug-likeness (QED) is 0.876. The SMILES string of the molecule is Nc1nn(-c2cccc(Cl)c2Cl)c2c1COCC2. The van der Waals surface area contributed by atoms with Crippen LogP contribution >= 0.6 is 23.2 Å². The zero-order valence-corrected chi connectivity index (χ0v) is 11.0. The predicted octanol–water partition coefficient (Wildman–Crippen LogP) is 2.83. The smallest absolute Gasteiger partial charge is 0.151 e. The van der Waals surface area contributed by atoms with E-state index in [-0.39, 0.29) is 0 Å². The number of hydrogen-bond donors (Lipinski definition) is 1. The minimum Gasteiger partial charge on any atom is -0.382 e. The van der Waals surface area contributed by atoms with Gasteiger partial charge in [-0.3, -0.25) is 0 Å². The van der Waals surface area contributed by atoms with Crippen molar-refractivity contribution >= 4 is 29.0 Å². The Morgan fingerprint density at radius 3 is 3.00 bits per heavy atom. The summed E-state index contributed by atoms with van der Waals surface area (Å²) in [6, 6.07) is 5.46. The van der Waals surface area contributed by atoms with E-state index < -0.39 is 0 Å². The first-order valence-electron chi connectivity index (χ1n) is 5.57. The minimum atomic E-state index is 0.482. The lowest BCUT2D eigenvalue weighted by molar-refractivity contribution is 0.110. The number of anilines is 1. The lowest BCUT2D eigenvalue weighted by atomic mass is 10.1. The van der Waals surface area contributed by atoms with E-state index in [1.165, 1.54) is 0 Å². The predicted molar refractivity (Wildman–Crippen MR) is 71.4 cm³/mol. The molecule has 6 heteroatoms. The number of fused-ring (bicyclic) bond motifs is 1. The second-order valence-corrected chi connectivity index (χ2v) is 4.88. The molecule has 0 saturated heterocycles. The van der Waals surface area contributed by atoms with Crippen molar-refractivity contribution in [1.82, 2.24) is 9.78 Å². The third-order valence-electron chi connectivity index (χ3n) is 3.01. The van der Waals surface area contributed by atoms with E-state index in [1.54, 1.807) is 10.7 Å². The highest BCUT2D eigenvalue weighted by atomic mass is 35.5. The van der Waals surface area contributed by atoms with Gasteiger partial charge in [0.2, 0.25) is 0 Å². The Labute approximate surface area is 114 Å². The first-order chi connectivity index (χ1) is 8.68. The van der Waals surface area contributed by atoms with E-state index in [1.807, 2.05) is 12.1 Å². The van der Waals surface area contributed by atoms with Gasteiger partial charge >= 0.3 is 0 Å². The molecule has 0 spiro atoms. The van der Waals surface area contributed by atoms with Crippen LogP contribution in [0.2, 0.25) is 10.0 Å². The zero-order chi connectivity index (χ0) is 12.7. The van der Waals surface area contributed by atoms with E-state index in [2.05, 4.69) is 5.10 Å². The highest BCUT2D eigenvalue weighted by Gasteiger charge is 2.21. The fourth-order valence-electron chi connectivity index (χ4n) is 2.12. The molecule has 0 fully saturated rings. The van der Waals surface area contributed by atoms with Gasteiger partial charge < -0.3 is 10.5 Å². The summed E-state index contributed by atoms with van der Waals surface area (Å²) < 4.78 is 7.15. The number of halogens is 2. The fraction of sp³-hybridized carbons (Fsp3) is 0.250. The molecule has 2 aromatic rings. The molecule has 2 N–H and O–H groups in total. The van der Waals surface area contributed by atoms with Gasteiger partial charge in [0.05, 0.1) is 34.6 Å². The Morgan fingerprint density at radius 1 is 1.33 bits per heavy atom. The van der Waals surface area contributed by atoms with Gasteiger partial charge in [-0.05, 0) is 12.1 Å². The number of nitrogen functional groups attached to an aromatic ring is 1. The summed E-state index contributed by atoms with van der Waals surface area (Å²) in [5.41, 5.74) is 8.64. The van der Waals surface area contributed by atoms with Gasteiger partial charge in [0.1, 0.15) is 0 Å². The summed E-state index contributed by atoms with van der Waals surface area (Å²) >= 11 is 12.2. The molecule has 4 nitrogen and oxygen atoms in total. The molecule has 0 amide bonds. The molecule has 1 aliphatic rings. The third kappa shape index (κ3) is 1.77. The third-order valence-corrected chi connectivity index (χ3v) is 3.82. The van der Waals surface area contributed by atoms with Crippen LogP contribution in [0.3, 0.4) is 0 Å². The maximum atomic E-state index is 6.21. The van der Waals surface area contributed by atoms with Crippen LogP contribution < -0.4 is 5.73 Å². The van der Waals surface area contributed by atoms with Gasteiger partial charge in [0.25, 0.3) is 0 Å². The molecule has 0 saturated carbocycles. The number of nitrogens with zero attached hydrogens (tertiary/aromatic N) is 2. The number of nitrogens with two attached hydrogens (primary N) is 1. The van der Waals surface area contributed by atoms with Gasteiger partial charge in [-0.25, -0.2) is 4.68 Å². The standard InChI is InChI=1S/C12H11Cl2N3O/c13-8-2-1-3-10(11(8)14)17-9-4-5-18-6-7(9)12(15)16-17/h1-3H,4-6H2,(H2,15,16). The van der Waals surface area contributed by atoms with E-state index in [0.717, 1.165) is 23.4 Å². The number of benzene rings is 1. The largest absolute Gasteiger partial charge is 0.382 e. The Morgan fingerprint density at radius 2 is 2.17 bits per heavy atom. The van der Waals surface area contributed by atoms with Crippen molar-refractivity contribution in [3.8, 4) is 5.69 Å². The zero-order valence-electron chi connectivity index (χ0n) is 9.49. The van der Waals surface area contributed by atoms with Gasteiger partial charge in [0.15, 0.2) is 5.82 Å². The lowest BCUT2D eigenvalue weighted by Gasteiger charge is -2.15. The van der Waals surface area contributed by atoms with Crippen LogP contribution in [0.5, 0.6) is 0 Å². The number of hydrogen-bond acceptors (Lipinski definition) is 3. The Balaban J connectivity index is 2.20. The maximum absolute atomic E-state index is 6.21. The van der Waals surface area contributed by atoms with Gasteiger partial charge in [-0.2, -0.15) is 0 Å². The summed E-state index contributed by atoms with van der Waals surface area (Å²) in [4.78, 5) is 0. The molecule has 1 aromatic carbocycles. The molecule has 0 unspecified atom stereocenters. The first kappa shape index (κ1) is 11.8. The van der Waals surface area contributed by atoms with Crippen LogP contribution in [0.25, 0.3) is 5.69 Å². The van der Waals surface area contributed by atoms with Crippen molar-refractivity contribution in [1.29, 1.82) is 0 Å². The highest BCUT2D eigenvalue weighted by molar-refractivity contribution is 6.43. The fourth-order valence-corrected chi connectivity index (χ4v) is 2.49. The number of ether oxygens (including phenoxy) is 1. The Hall–Kier alpha value is -1.23. The van der Waals surface area contributed by atoms with Gasteiger partial charge in [0, 0.05) is 12.0 Å². The van der Waals surface area contributed by atoms with Gasteiger partial charge in [-0.15, -0.1) is 5.10 Å². The summed E-state index contributed by atoms with van der Waals surface area (Å²) in [5, 5.41) is 5.32. The van der Waals surface area contributed by atoms with Crippen LogP contribution in [0.4, 0.5) is 5.82 Å². The van der Waals surface area contributed by atoms with E-state index in [9.17, 15) is 0 Å². The Bertz CT molecular complexity index is 610. The topological polar surface area (TPSA) is 53.1 Å². The summed E-state index contributed by atoms with van der Waals surface area (Å²) in [5.74, 6) is 0.487. The molecule has 1 aromatic heterocycles. The molecule has 0 bridgehead atoms. The average molecular weight is 284 g/mol. The molecule has 0 aliphatic carbocycles. The van der Waals surface area contributed by atoms with E-state index in [0.29, 0.717) is 29.1 Å². The second-order valence-electron chi connectivity index (χ2n) is 4.10. The van der Waals surface area contributed by atoms with Crippen LogP contribution in [0.1, 0.15) is 11.3 Å². The van der Waals surface area contributed by atoms with Crippen molar-refractivity contribution in [2.75, 3.05) is 12.3 Å². The molecular weight excluding hydrogens is 273 g/mol. The summed E-state index contributed by atoms with van der Waals surface area (Å²) in [6.45, 7) is 1.16. The average Bonchev–Trinajstić information content (AvgIpc) is 2.71. The maximum Gasteiger partial charge on any atom is 0.151 e. The number of rotatable bonds is 1. The van der Waals surface area contributed by atoms with E-state index in [4.69, 9.17) is 33.7 Å². The van der Waals surface area contributed by atoms with Gasteiger partial charge in [-0.1, -0.05) is 29.3 Å². The normalized spacial score (nSPS) is 14.6. The van der Waals surface area contributed by atoms with Crippen LogP contribution in [0.15, 0.2) is 18.2 Å². The molecule has 1 aliphatic heterocycles. The van der Waals surface area contributed by atoms with Crippen molar-refractivity contribution in [3.63, 3.8) is 0 Å². The Kier molecular flexibility index (Phi) is 2.93. The van der Waals surface area contributed by atoms with Crippen LogP contribution in [-0.2, 0) is 17.8 Å². The van der Waals surface area contributed by atoms with Crippen LogP contribution in [0, 0.1) is 0 Å². The molecule has 0 atom stereocenters. The van der Waals surface area contributed by atoms with Crippen molar-refractivity contribution in [2.24, 2.45) is 0 Å².